The normalized spacial score (nSPS) is 20.7. The van der Waals surface area contributed by atoms with Crippen molar-refractivity contribution in [1.29, 1.82) is 0 Å². The van der Waals surface area contributed by atoms with Gasteiger partial charge < -0.3 is 31.3 Å². The summed E-state index contributed by atoms with van der Waals surface area (Å²) in [6.07, 6.45) is 12.7. The lowest BCUT2D eigenvalue weighted by molar-refractivity contribution is -0.946. The molecule has 0 atom stereocenters. The summed E-state index contributed by atoms with van der Waals surface area (Å²) in [6, 6.07) is 29.0. The first-order valence-electron chi connectivity index (χ1n) is 16.4. The molecular weight excluding hydrogens is 662 g/mol. The van der Waals surface area contributed by atoms with Gasteiger partial charge in [-0.15, -0.1) is 17.0 Å². The SMILES string of the molecule is Br.CCCCCCCC.Cc1ccccc1OCCC[N+]12CCC(C(O)(c3ccccc3)c3ccccc3)(CC1)CC2.[Br-]. The molecule has 6 rings (SSSR count). The largest absolute Gasteiger partial charge is 1.00 e. The Kier molecular flexibility index (Phi) is 16.0. The van der Waals surface area contributed by atoms with Gasteiger partial charge in [0.05, 0.1) is 32.8 Å². The third kappa shape index (κ3) is 9.19. The molecule has 3 aliphatic rings. The quantitative estimate of drug-likeness (QED) is 0.159. The Hall–Kier alpha value is -1.66. The first-order chi connectivity index (χ1) is 20.0. The molecule has 3 aliphatic heterocycles. The molecule has 3 aromatic rings. The summed E-state index contributed by atoms with van der Waals surface area (Å²) in [5, 5.41) is 12.5. The smallest absolute Gasteiger partial charge is 0.122 e. The number of aryl methyl sites for hydroxylation is 1. The molecule has 0 aliphatic carbocycles. The maximum absolute atomic E-state index is 12.5. The van der Waals surface area contributed by atoms with Crippen molar-refractivity contribution in [3.63, 3.8) is 0 Å². The third-order valence-electron chi connectivity index (χ3n) is 9.93. The number of hydrogen-bond acceptors (Lipinski definition) is 2. The molecule has 3 nitrogen and oxygen atoms in total. The Bertz CT molecular complexity index is 1100. The van der Waals surface area contributed by atoms with Crippen molar-refractivity contribution in [2.45, 2.75) is 90.6 Å². The van der Waals surface area contributed by atoms with Crippen LogP contribution in [0, 0.1) is 12.3 Å². The number of fused-ring (bicyclic) bond motifs is 3. The van der Waals surface area contributed by atoms with Crippen LogP contribution in [0.4, 0.5) is 0 Å². The Balaban J connectivity index is 0.000000572. The van der Waals surface area contributed by atoms with Crippen LogP contribution in [0.3, 0.4) is 0 Å². The maximum atomic E-state index is 12.5. The summed E-state index contributed by atoms with van der Waals surface area (Å²) in [7, 11) is 0. The average Bonchev–Trinajstić information content (AvgIpc) is 3.04. The molecule has 0 radical (unpaired) electrons. The van der Waals surface area contributed by atoms with E-state index < -0.39 is 5.60 Å². The van der Waals surface area contributed by atoms with Gasteiger partial charge in [0.25, 0.3) is 0 Å². The summed E-state index contributed by atoms with van der Waals surface area (Å²) < 4.78 is 7.25. The van der Waals surface area contributed by atoms with Crippen LogP contribution in [0.5, 0.6) is 5.75 Å². The fraction of sp³-hybridized carbons (Fsp3) is 0.526. The number of rotatable bonds is 13. The number of para-hydroxylation sites is 1. The number of quaternary nitrogens is 1. The second-order valence-electron chi connectivity index (χ2n) is 12.6. The molecule has 3 saturated heterocycles. The topological polar surface area (TPSA) is 29.5 Å². The van der Waals surface area contributed by atoms with Crippen LogP contribution in [0.2, 0.25) is 0 Å². The lowest BCUT2D eigenvalue weighted by Crippen LogP contribution is -3.00. The Labute approximate surface area is 283 Å². The molecule has 1 N–H and O–H groups in total. The summed E-state index contributed by atoms with van der Waals surface area (Å²) in [5.74, 6) is 1.00. The minimum atomic E-state index is -0.944. The van der Waals surface area contributed by atoms with Crippen LogP contribution in [-0.2, 0) is 5.60 Å². The molecule has 5 heteroatoms. The van der Waals surface area contributed by atoms with Crippen LogP contribution in [0.1, 0.15) is 94.7 Å². The highest BCUT2D eigenvalue weighted by Gasteiger charge is 2.60. The van der Waals surface area contributed by atoms with Gasteiger partial charge in [-0.3, -0.25) is 0 Å². The van der Waals surface area contributed by atoms with Crippen molar-refractivity contribution in [1.82, 2.24) is 0 Å². The highest BCUT2D eigenvalue weighted by Crippen LogP contribution is 2.57. The van der Waals surface area contributed by atoms with Crippen LogP contribution < -0.4 is 21.7 Å². The number of nitrogens with zero attached hydrogens (tertiary/aromatic N) is 1. The van der Waals surface area contributed by atoms with Gasteiger partial charge in [0.15, 0.2) is 0 Å². The second-order valence-corrected chi connectivity index (χ2v) is 12.6. The lowest BCUT2D eigenvalue weighted by Gasteiger charge is -2.60. The van der Waals surface area contributed by atoms with Gasteiger partial charge in [-0.1, -0.05) is 131 Å². The van der Waals surface area contributed by atoms with E-state index in [1.54, 1.807) is 0 Å². The number of halogens is 2. The number of unbranched alkanes of at least 4 members (excludes halogenated alkanes) is 5. The van der Waals surface area contributed by atoms with Gasteiger partial charge in [0, 0.05) is 31.1 Å². The standard InChI is InChI=1S/C30H36NO2.C8H18.2BrH/c1-25-11-8-9-16-28(25)33-24-10-20-31-21-17-29(18-22-31,19-23-31)30(32,26-12-4-2-5-13-26)27-14-6-3-7-15-27;1-3-5-7-8-6-4-2;;/h2-9,11-16,32H,10,17-24H2,1H3;3-8H2,1-2H3;2*1H/q+1;;;/p-1. The third-order valence-corrected chi connectivity index (χ3v) is 9.93. The van der Waals surface area contributed by atoms with Crippen LogP contribution in [-0.4, -0.2) is 42.4 Å². The summed E-state index contributed by atoms with van der Waals surface area (Å²) in [4.78, 5) is 0. The molecule has 3 fully saturated rings. The molecule has 0 aromatic heterocycles. The zero-order valence-electron chi connectivity index (χ0n) is 26.8. The van der Waals surface area contributed by atoms with Crippen molar-refractivity contribution < 1.29 is 31.3 Å². The van der Waals surface area contributed by atoms with Gasteiger partial charge in [0.2, 0.25) is 0 Å². The van der Waals surface area contributed by atoms with Crippen molar-refractivity contribution >= 4 is 17.0 Å². The minimum Gasteiger partial charge on any atom is -1.00 e. The van der Waals surface area contributed by atoms with Crippen molar-refractivity contribution in [3.05, 3.63) is 102 Å². The molecule has 238 valence electrons. The van der Waals surface area contributed by atoms with Gasteiger partial charge >= 0.3 is 0 Å². The lowest BCUT2D eigenvalue weighted by atomic mass is 9.56. The zero-order chi connectivity index (χ0) is 29.0. The fourth-order valence-electron chi connectivity index (χ4n) is 7.23. The molecular formula is C38H55Br2NO2. The number of aliphatic hydroxyl groups is 1. The Morgan fingerprint density at radius 3 is 1.63 bits per heavy atom. The van der Waals surface area contributed by atoms with Gasteiger partial charge in [0.1, 0.15) is 11.4 Å². The highest BCUT2D eigenvalue weighted by atomic mass is 79.9. The van der Waals surface area contributed by atoms with Gasteiger partial charge in [-0.25, -0.2) is 0 Å². The van der Waals surface area contributed by atoms with Crippen LogP contribution in [0.15, 0.2) is 84.9 Å². The second kappa shape index (κ2) is 18.3. The highest BCUT2D eigenvalue weighted by molar-refractivity contribution is 8.93. The van der Waals surface area contributed by atoms with E-state index in [1.807, 2.05) is 18.2 Å². The van der Waals surface area contributed by atoms with Gasteiger partial charge in [-0.05, 0) is 29.7 Å². The number of hydrogen-bond donors (Lipinski definition) is 1. The molecule has 3 aromatic carbocycles. The van der Waals surface area contributed by atoms with E-state index >= 15 is 0 Å². The van der Waals surface area contributed by atoms with Crippen LogP contribution >= 0.6 is 17.0 Å². The van der Waals surface area contributed by atoms with E-state index in [4.69, 9.17) is 4.74 Å². The summed E-state index contributed by atoms with van der Waals surface area (Å²) in [6.45, 7) is 12.0. The minimum absolute atomic E-state index is 0. The first kappa shape index (κ1) is 37.5. The van der Waals surface area contributed by atoms with Crippen molar-refractivity contribution in [2.75, 3.05) is 32.8 Å². The molecule has 0 unspecified atom stereocenters. The fourth-order valence-corrected chi connectivity index (χ4v) is 7.23. The molecule has 2 bridgehead atoms. The Morgan fingerprint density at radius 2 is 1.16 bits per heavy atom. The van der Waals surface area contributed by atoms with E-state index in [0.717, 1.165) is 75.3 Å². The first-order valence-corrected chi connectivity index (χ1v) is 16.4. The van der Waals surface area contributed by atoms with E-state index in [2.05, 4.69) is 87.5 Å². The maximum Gasteiger partial charge on any atom is 0.122 e. The Morgan fingerprint density at radius 1 is 0.698 bits per heavy atom. The van der Waals surface area contributed by atoms with E-state index in [-0.39, 0.29) is 39.4 Å². The van der Waals surface area contributed by atoms with Crippen molar-refractivity contribution in [2.24, 2.45) is 5.41 Å². The molecule has 3 heterocycles. The molecule has 43 heavy (non-hydrogen) atoms. The predicted molar refractivity (Wildman–Crippen MR) is 183 cm³/mol. The van der Waals surface area contributed by atoms with Crippen LogP contribution in [0.25, 0.3) is 0 Å². The van der Waals surface area contributed by atoms with E-state index in [1.165, 1.54) is 48.6 Å². The number of ether oxygens (including phenoxy) is 1. The summed E-state index contributed by atoms with van der Waals surface area (Å²) in [5.41, 5.74) is 2.22. The zero-order valence-corrected chi connectivity index (χ0v) is 30.1. The van der Waals surface area contributed by atoms with E-state index in [0.29, 0.717) is 0 Å². The summed E-state index contributed by atoms with van der Waals surface area (Å²) >= 11 is 0. The molecule has 0 saturated carbocycles. The number of benzene rings is 3. The van der Waals surface area contributed by atoms with E-state index in [9.17, 15) is 5.11 Å². The van der Waals surface area contributed by atoms with Crippen molar-refractivity contribution in [3.8, 4) is 5.75 Å². The average molecular weight is 718 g/mol. The predicted octanol–water partition coefficient (Wildman–Crippen LogP) is 6.65. The number of piperidine rings is 3. The van der Waals surface area contributed by atoms with Gasteiger partial charge in [-0.2, -0.15) is 0 Å². The molecule has 0 amide bonds. The monoisotopic (exact) mass is 715 g/mol. The molecule has 0 spiro atoms.